The minimum atomic E-state index is -0.512. The molecule has 2 aromatic carbocycles. The van der Waals surface area contributed by atoms with Crippen LogP contribution in [-0.2, 0) is 0 Å². The highest BCUT2D eigenvalue weighted by Crippen LogP contribution is 2.17. The molecule has 21 heavy (non-hydrogen) atoms. The zero-order valence-electron chi connectivity index (χ0n) is 11.4. The second-order valence-electron chi connectivity index (χ2n) is 4.28. The molecule has 0 saturated carbocycles. The maximum atomic E-state index is 12.0. The van der Waals surface area contributed by atoms with Gasteiger partial charge in [-0.3, -0.25) is 14.9 Å². The molecule has 0 fully saturated rings. The van der Waals surface area contributed by atoms with Crippen LogP contribution in [0.4, 0.5) is 5.69 Å². The summed E-state index contributed by atoms with van der Waals surface area (Å²) in [4.78, 5) is 23.3. The van der Waals surface area contributed by atoms with E-state index in [4.69, 9.17) is 0 Å². The molecule has 0 unspecified atom stereocenters. The van der Waals surface area contributed by atoms with E-state index in [-0.39, 0.29) is 11.5 Å². The predicted molar refractivity (Wildman–Crippen MR) is 84.7 cm³/mol. The Labute approximate surface area is 126 Å². The van der Waals surface area contributed by atoms with Gasteiger partial charge in [0.2, 0.25) is 0 Å². The Bertz CT molecular complexity index is 693. The molecule has 0 N–H and O–H groups in total. The van der Waals surface area contributed by atoms with Crippen LogP contribution < -0.4 is 0 Å². The van der Waals surface area contributed by atoms with Gasteiger partial charge in [0, 0.05) is 22.6 Å². The highest BCUT2D eigenvalue weighted by molar-refractivity contribution is 7.98. The van der Waals surface area contributed by atoms with Crippen LogP contribution in [0.2, 0.25) is 0 Å². The first-order chi connectivity index (χ1) is 10.1. The number of carbonyl (C=O) groups is 1. The van der Waals surface area contributed by atoms with Gasteiger partial charge in [-0.1, -0.05) is 30.3 Å². The summed E-state index contributed by atoms with van der Waals surface area (Å²) < 4.78 is 0. The number of hydrogen-bond acceptors (Lipinski definition) is 4. The molecule has 0 aliphatic carbocycles. The molecule has 2 rings (SSSR count). The van der Waals surface area contributed by atoms with Crippen LogP contribution in [0.1, 0.15) is 15.9 Å². The highest BCUT2D eigenvalue weighted by atomic mass is 32.2. The first-order valence-corrected chi connectivity index (χ1v) is 7.43. The molecular weight excluding hydrogens is 286 g/mol. The summed E-state index contributed by atoms with van der Waals surface area (Å²) in [6, 6.07) is 13.5. The molecule has 0 atom stereocenters. The number of rotatable bonds is 5. The minimum Gasteiger partial charge on any atom is -0.289 e. The first-order valence-electron chi connectivity index (χ1n) is 6.21. The Kier molecular flexibility index (Phi) is 4.90. The first kappa shape index (κ1) is 15.0. The minimum absolute atomic E-state index is 0.0847. The third-order valence-electron chi connectivity index (χ3n) is 2.88. The van der Waals surface area contributed by atoms with Gasteiger partial charge in [-0.2, -0.15) is 0 Å². The van der Waals surface area contributed by atoms with E-state index in [2.05, 4.69) is 0 Å². The SMILES string of the molecule is CSc1ccc(/C=C/C(=O)c2cccc([N+](=O)[O-])c2)cc1. The summed E-state index contributed by atoms with van der Waals surface area (Å²) in [6.45, 7) is 0. The molecule has 4 nitrogen and oxygen atoms in total. The van der Waals surface area contributed by atoms with E-state index in [1.54, 1.807) is 23.9 Å². The lowest BCUT2D eigenvalue weighted by Gasteiger charge is -1.98. The lowest BCUT2D eigenvalue weighted by molar-refractivity contribution is -0.384. The maximum Gasteiger partial charge on any atom is 0.270 e. The van der Waals surface area contributed by atoms with Gasteiger partial charge in [0.15, 0.2) is 5.78 Å². The molecule has 0 bridgehead atoms. The summed E-state index contributed by atoms with van der Waals surface area (Å²) in [5.41, 5.74) is 1.13. The van der Waals surface area contributed by atoms with Gasteiger partial charge in [0.1, 0.15) is 0 Å². The summed E-state index contributed by atoms with van der Waals surface area (Å²) in [7, 11) is 0. The normalized spacial score (nSPS) is 10.7. The summed E-state index contributed by atoms with van der Waals surface area (Å²) in [5, 5.41) is 10.7. The van der Waals surface area contributed by atoms with Crippen LogP contribution in [0.5, 0.6) is 0 Å². The smallest absolute Gasteiger partial charge is 0.270 e. The fourth-order valence-corrected chi connectivity index (χ4v) is 2.16. The van der Waals surface area contributed by atoms with Crippen LogP contribution >= 0.6 is 11.8 Å². The average Bonchev–Trinajstić information content (AvgIpc) is 2.53. The Hall–Kier alpha value is -2.40. The number of carbonyl (C=O) groups excluding carboxylic acids is 1. The van der Waals surface area contributed by atoms with Gasteiger partial charge in [-0.25, -0.2) is 0 Å². The summed E-state index contributed by atoms with van der Waals surface area (Å²) in [5.74, 6) is -0.257. The molecule has 0 aliphatic heterocycles. The lowest BCUT2D eigenvalue weighted by atomic mass is 10.1. The topological polar surface area (TPSA) is 60.2 Å². The standard InChI is InChI=1S/C16H13NO3S/c1-21-15-8-5-12(6-9-15)7-10-16(18)13-3-2-4-14(11-13)17(19)20/h2-11H,1H3/b10-7+. The third-order valence-corrected chi connectivity index (χ3v) is 3.63. The quantitative estimate of drug-likeness (QED) is 0.273. The monoisotopic (exact) mass is 299 g/mol. The van der Waals surface area contributed by atoms with Gasteiger partial charge < -0.3 is 0 Å². The Morgan fingerprint density at radius 1 is 1.19 bits per heavy atom. The zero-order valence-corrected chi connectivity index (χ0v) is 12.2. The molecule has 0 radical (unpaired) electrons. The Morgan fingerprint density at radius 3 is 2.52 bits per heavy atom. The molecular formula is C16H13NO3S. The maximum absolute atomic E-state index is 12.0. The number of nitro benzene ring substituents is 1. The van der Waals surface area contributed by atoms with Crippen LogP contribution in [-0.4, -0.2) is 17.0 Å². The second kappa shape index (κ2) is 6.85. The Balaban J connectivity index is 2.14. The van der Waals surface area contributed by atoms with E-state index in [0.29, 0.717) is 5.56 Å². The highest BCUT2D eigenvalue weighted by Gasteiger charge is 2.09. The third kappa shape index (κ3) is 4.03. The predicted octanol–water partition coefficient (Wildman–Crippen LogP) is 4.21. The van der Waals surface area contributed by atoms with Crippen molar-refractivity contribution < 1.29 is 9.72 Å². The van der Waals surface area contributed by atoms with Crippen LogP contribution in [0.25, 0.3) is 6.08 Å². The number of allylic oxidation sites excluding steroid dienone is 1. The molecule has 5 heteroatoms. The average molecular weight is 299 g/mol. The number of nitro groups is 1. The molecule has 0 spiro atoms. The summed E-state index contributed by atoms with van der Waals surface area (Å²) >= 11 is 1.65. The van der Waals surface area contributed by atoms with E-state index in [1.165, 1.54) is 24.3 Å². The zero-order chi connectivity index (χ0) is 15.2. The molecule has 0 amide bonds. The van der Waals surface area contributed by atoms with Crippen LogP contribution in [0.15, 0.2) is 59.5 Å². The van der Waals surface area contributed by atoms with E-state index >= 15 is 0 Å². The molecule has 0 heterocycles. The number of hydrogen-bond donors (Lipinski definition) is 0. The van der Waals surface area contributed by atoms with Crippen molar-refractivity contribution >= 4 is 29.3 Å². The van der Waals surface area contributed by atoms with Crippen molar-refractivity contribution in [3.05, 3.63) is 75.8 Å². The fraction of sp³-hybridized carbons (Fsp3) is 0.0625. The number of nitrogens with zero attached hydrogens (tertiary/aromatic N) is 1. The van der Waals surface area contributed by atoms with Crippen molar-refractivity contribution in [1.82, 2.24) is 0 Å². The number of non-ortho nitro benzene ring substituents is 1. The number of benzene rings is 2. The van der Waals surface area contributed by atoms with E-state index in [9.17, 15) is 14.9 Å². The Morgan fingerprint density at radius 2 is 1.90 bits per heavy atom. The fourth-order valence-electron chi connectivity index (χ4n) is 1.76. The van der Waals surface area contributed by atoms with Gasteiger partial charge in [0.25, 0.3) is 5.69 Å². The van der Waals surface area contributed by atoms with Crippen LogP contribution in [0.3, 0.4) is 0 Å². The second-order valence-corrected chi connectivity index (χ2v) is 5.16. The molecule has 0 aromatic heterocycles. The largest absolute Gasteiger partial charge is 0.289 e. The van der Waals surface area contributed by atoms with Crippen molar-refractivity contribution in [2.24, 2.45) is 0 Å². The van der Waals surface area contributed by atoms with Crippen molar-refractivity contribution in [2.45, 2.75) is 4.90 Å². The van der Waals surface area contributed by atoms with E-state index in [1.807, 2.05) is 30.5 Å². The van der Waals surface area contributed by atoms with Crippen molar-refractivity contribution in [1.29, 1.82) is 0 Å². The van der Waals surface area contributed by atoms with E-state index in [0.717, 1.165) is 10.5 Å². The van der Waals surface area contributed by atoms with E-state index < -0.39 is 4.92 Å². The molecule has 0 saturated heterocycles. The van der Waals surface area contributed by atoms with Crippen molar-refractivity contribution in [3.8, 4) is 0 Å². The number of ketones is 1. The van der Waals surface area contributed by atoms with Gasteiger partial charge >= 0.3 is 0 Å². The van der Waals surface area contributed by atoms with Crippen molar-refractivity contribution in [3.63, 3.8) is 0 Å². The molecule has 106 valence electrons. The summed E-state index contributed by atoms with van der Waals surface area (Å²) in [6.07, 6.45) is 5.12. The van der Waals surface area contributed by atoms with Gasteiger partial charge in [-0.15, -0.1) is 11.8 Å². The van der Waals surface area contributed by atoms with Gasteiger partial charge in [0.05, 0.1) is 4.92 Å². The number of thioether (sulfide) groups is 1. The van der Waals surface area contributed by atoms with Crippen LogP contribution in [0, 0.1) is 10.1 Å². The lowest BCUT2D eigenvalue weighted by Crippen LogP contribution is -1.96. The van der Waals surface area contributed by atoms with Gasteiger partial charge in [-0.05, 0) is 30.0 Å². The molecule has 2 aromatic rings. The molecule has 0 aliphatic rings. The van der Waals surface area contributed by atoms with Crippen molar-refractivity contribution in [2.75, 3.05) is 6.26 Å².